The van der Waals surface area contributed by atoms with Crippen LogP contribution in [0.4, 0.5) is 16.2 Å². The quantitative estimate of drug-likeness (QED) is 0.337. The Morgan fingerprint density at radius 1 is 1.17 bits per heavy atom. The highest BCUT2D eigenvalue weighted by molar-refractivity contribution is 7.88. The summed E-state index contributed by atoms with van der Waals surface area (Å²) in [4.78, 5) is 14.4. The predicted molar refractivity (Wildman–Crippen MR) is 133 cm³/mol. The van der Waals surface area contributed by atoms with Gasteiger partial charge in [-0.05, 0) is 43.7 Å². The Morgan fingerprint density at radius 2 is 1.89 bits per heavy atom. The lowest BCUT2D eigenvalue weighted by Crippen LogP contribution is -2.34. The minimum Gasteiger partial charge on any atom is -0.504 e. The largest absolute Gasteiger partial charge is 0.504 e. The van der Waals surface area contributed by atoms with E-state index in [1.807, 2.05) is 30.9 Å². The fourth-order valence-electron chi connectivity index (χ4n) is 3.48. The van der Waals surface area contributed by atoms with Gasteiger partial charge in [-0.1, -0.05) is 0 Å². The summed E-state index contributed by atoms with van der Waals surface area (Å²) in [5, 5.41) is 22.7. The van der Waals surface area contributed by atoms with Gasteiger partial charge >= 0.3 is 6.09 Å². The second-order valence-corrected chi connectivity index (χ2v) is 9.54. The molecule has 0 aliphatic carbocycles. The summed E-state index contributed by atoms with van der Waals surface area (Å²) >= 11 is 0. The molecule has 0 aliphatic rings. The molecular formula is C23H33N3O8S. The number of rotatable bonds is 12. The number of amides is 1. The first-order chi connectivity index (χ1) is 16.5. The van der Waals surface area contributed by atoms with Crippen LogP contribution in [0.5, 0.6) is 17.2 Å². The molecule has 0 bridgehead atoms. The van der Waals surface area contributed by atoms with Crippen LogP contribution in [-0.4, -0.2) is 64.8 Å². The Labute approximate surface area is 205 Å². The fraction of sp³-hybridized carbons (Fsp3) is 0.435. The molecule has 0 unspecified atom stereocenters. The number of anilines is 2. The van der Waals surface area contributed by atoms with Crippen LogP contribution in [0.3, 0.4) is 0 Å². The van der Waals surface area contributed by atoms with Gasteiger partial charge in [0.05, 0.1) is 27.1 Å². The van der Waals surface area contributed by atoms with E-state index < -0.39 is 22.7 Å². The lowest BCUT2D eigenvalue weighted by atomic mass is 10.1. The van der Waals surface area contributed by atoms with E-state index in [1.165, 1.54) is 20.3 Å². The number of ether oxygens (including phenoxy) is 3. The van der Waals surface area contributed by atoms with Gasteiger partial charge in [-0.25, -0.2) is 17.9 Å². The molecular weight excluding hydrogens is 478 g/mol. The van der Waals surface area contributed by atoms with E-state index in [0.29, 0.717) is 24.3 Å². The van der Waals surface area contributed by atoms with Gasteiger partial charge in [-0.2, -0.15) is 0 Å². The highest BCUT2D eigenvalue weighted by Crippen LogP contribution is 2.41. The van der Waals surface area contributed by atoms with Gasteiger partial charge in [0.1, 0.15) is 6.61 Å². The number of nitrogens with one attached hydrogen (secondary N) is 2. The van der Waals surface area contributed by atoms with Crippen molar-refractivity contribution in [2.45, 2.75) is 27.1 Å². The van der Waals surface area contributed by atoms with Crippen LogP contribution in [0.15, 0.2) is 24.3 Å². The summed E-state index contributed by atoms with van der Waals surface area (Å²) in [6, 6.07) is 6.97. The van der Waals surface area contributed by atoms with Crippen molar-refractivity contribution in [1.29, 1.82) is 0 Å². The molecule has 0 saturated heterocycles. The number of aliphatic hydroxyl groups is 1. The van der Waals surface area contributed by atoms with Crippen LogP contribution in [-0.2, 0) is 28.0 Å². The van der Waals surface area contributed by atoms with Crippen LogP contribution in [0.1, 0.15) is 23.6 Å². The maximum Gasteiger partial charge on any atom is 0.411 e. The lowest BCUT2D eigenvalue weighted by Gasteiger charge is -2.24. The van der Waals surface area contributed by atoms with Crippen molar-refractivity contribution in [2.24, 2.45) is 0 Å². The van der Waals surface area contributed by atoms with Gasteiger partial charge in [0, 0.05) is 42.1 Å². The Hall–Kier alpha value is -3.22. The molecule has 12 heteroatoms. The van der Waals surface area contributed by atoms with Crippen LogP contribution < -0.4 is 24.4 Å². The third kappa shape index (κ3) is 7.64. The Bertz CT molecular complexity index is 1140. The van der Waals surface area contributed by atoms with Gasteiger partial charge in [-0.15, -0.1) is 0 Å². The SMILES string of the molecule is CCN(CCNS(C)(=O)=O)c1ccc(NC(=O)OCc2cc(OC)c(OC)c(O)c2CO)c(C)c1. The molecule has 0 fully saturated rings. The van der Waals surface area contributed by atoms with Crippen molar-refractivity contribution in [1.82, 2.24) is 4.72 Å². The second-order valence-electron chi connectivity index (χ2n) is 7.70. The highest BCUT2D eigenvalue weighted by atomic mass is 32.2. The number of phenols is 1. The molecule has 0 atom stereocenters. The molecule has 194 valence electrons. The van der Waals surface area contributed by atoms with Crippen LogP contribution in [0, 0.1) is 6.92 Å². The summed E-state index contributed by atoms with van der Waals surface area (Å²) in [5.74, 6) is 0.0283. The van der Waals surface area contributed by atoms with Gasteiger partial charge in [0.2, 0.25) is 15.8 Å². The van der Waals surface area contributed by atoms with Crippen LogP contribution >= 0.6 is 0 Å². The van der Waals surface area contributed by atoms with Crippen molar-refractivity contribution < 1.29 is 37.6 Å². The molecule has 0 heterocycles. The summed E-state index contributed by atoms with van der Waals surface area (Å²) < 4.78 is 40.6. The molecule has 2 aromatic rings. The molecule has 0 radical (unpaired) electrons. The van der Waals surface area contributed by atoms with Crippen molar-refractivity contribution >= 4 is 27.5 Å². The Kier molecular flexibility index (Phi) is 9.99. The molecule has 11 nitrogen and oxygen atoms in total. The fourth-order valence-corrected chi connectivity index (χ4v) is 3.94. The lowest BCUT2D eigenvalue weighted by molar-refractivity contribution is 0.153. The number of aryl methyl sites for hydroxylation is 1. The number of likely N-dealkylation sites (N-methyl/N-ethyl adjacent to an activating group) is 1. The zero-order valence-electron chi connectivity index (χ0n) is 20.5. The number of hydrogen-bond donors (Lipinski definition) is 4. The van der Waals surface area contributed by atoms with Crippen molar-refractivity contribution in [3.05, 3.63) is 41.0 Å². The normalized spacial score (nSPS) is 11.1. The minimum absolute atomic E-state index is 0.0775. The molecule has 0 spiro atoms. The van der Waals surface area contributed by atoms with E-state index in [2.05, 4.69) is 10.0 Å². The number of hydrogen-bond acceptors (Lipinski definition) is 9. The predicted octanol–water partition coefficient (Wildman–Crippen LogP) is 2.33. The van der Waals surface area contributed by atoms with Crippen LogP contribution in [0.25, 0.3) is 0 Å². The van der Waals surface area contributed by atoms with E-state index in [1.54, 1.807) is 6.07 Å². The summed E-state index contributed by atoms with van der Waals surface area (Å²) in [6.45, 7) is 4.53. The molecule has 4 N–H and O–H groups in total. The smallest absolute Gasteiger partial charge is 0.411 e. The van der Waals surface area contributed by atoms with Crippen molar-refractivity contribution in [3.63, 3.8) is 0 Å². The number of benzene rings is 2. The number of carbonyl (C=O) groups is 1. The topological polar surface area (TPSA) is 147 Å². The standard InChI is InChI=1S/C23H33N3O8S/c1-6-26(10-9-24-35(5,30)31)17-7-8-19(15(2)11-17)25-23(29)34-14-16-12-20(32-3)22(33-4)21(28)18(16)13-27/h7-8,11-12,24,27-28H,6,9-10,13-14H2,1-5H3,(H,25,29). The average molecular weight is 512 g/mol. The van der Waals surface area contributed by atoms with Gasteiger partial charge in [0.25, 0.3) is 0 Å². The highest BCUT2D eigenvalue weighted by Gasteiger charge is 2.20. The van der Waals surface area contributed by atoms with Gasteiger partial charge in [0.15, 0.2) is 11.5 Å². The first-order valence-electron chi connectivity index (χ1n) is 10.8. The third-order valence-corrected chi connectivity index (χ3v) is 6.03. The number of aliphatic hydroxyl groups excluding tert-OH is 1. The molecule has 1 amide bonds. The van der Waals surface area contributed by atoms with Crippen molar-refractivity contribution in [2.75, 3.05) is 50.3 Å². The molecule has 0 saturated carbocycles. The maximum absolute atomic E-state index is 12.4. The summed E-state index contributed by atoms with van der Waals surface area (Å²) in [7, 11) is -0.490. The molecule has 2 rings (SSSR count). The van der Waals surface area contributed by atoms with Gasteiger partial charge in [-0.3, -0.25) is 5.32 Å². The first-order valence-corrected chi connectivity index (χ1v) is 12.7. The summed E-state index contributed by atoms with van der Waals surface area (Å²) in [5.41, 5.74) is 2.75. The van der Waals surface area contributed by atoms with E-state index in [0.717, 1.165) is 17.5 Å². The monoisotopic (exact) mass is 511 g/mol. The molecule has 0 aliphatic heterocycles. The zero-order chi connectivity index (χ0) is 26.2. The Morgan fingerprint density at radius 3 is 2.43 bits per heavy atom. The van der Waals surface area contributed by atoms with E-state index in [4.69, 9.17) is 14.2 Å². The average Bonchev–Trinajstić information content (AvgIpc) is 2.80. The maximum atomic E-state index is 12.4. The summed E-state index contributed by atoms with van der Waals surface area (Å²) in [6.07, 6.45) is 0.398. The van der Waals surface area contributed by atoms with Gasteiger partial charge < -0.3 is 29.3 Å². The number of methoxy groups -OCH3 is 2. The number of carbonyl (C=O) groups excluding carboxylic acids is 1. The number of nitrogens with zero attached hydrogens (tertiary/aromatic N) is 1. The number of aromatic hydroxyl groups is 1. The van der Waals surface area contributed by atoms with E-state index in [-0.39, 0.29) is 36.0 Å². The van der Waals surface area contributed by atoms with Crippen LogP contribution in [0.2, 0.25) is 0 Å². The van der Waals surface area contributed by atoms with E-state index >= 15 is 0 Å². The molecule has 0 aromatic heterocycles. The molecule has 2 aromatic carbocycles. The number of sulfonamides is 1. The first kappa shape index (κ1) is 28.0. The zero-order valence-corrected chi connectivity index (χ0v) is 21.4. The second kappa shape index (κ2) is 12.5. The molecule has 35 heavy (non-hydrogen) atoms. The third-order valence-electron chi connectivity index (χ3n) is 5.30. The minimum atomic E-state index is -3.26. The Balaban J connectivity index is 2.07. The van der Waals surface area contributed by atoms with E-state index in [9.17, 15) is 23.4 Å². The van der Waals surface area contributed by atoms with Crippen molar-refractivity contribution in [3.8, 4) is 17.2 Å².